The lowest BCUT2D eigenvalue weighted by Gasteiger charge is -2.10. The maximum absolute atomic E-state index is 13.0. The van der Waals surface area contributed by atoms with Crippen molar-refractivity contribution < 1.29 is 23.9 Å². The Morgan fingerprint density at radius 1 is 0.811 bits per heavy atom. The lowest BCUT2D eigenvalue weighted by atomic mass is 10.1. The maximum Gasteiger partial charge on any atom is 0.273 e. The van der Waals surface area contributed by atoms with Gasteiger partial charge in [-0.25, -0.2) is 4.68 Å². The molecule has 4 rings (SSSR count). The van der Waals surface area contributed by atoms with Gasteiger partial charge < -0.3 is 14.8 Å². The molecule has 0 radical (unpaired) electrons. The average molecular weight is 500 g/mol. The Hall–Kier alpha value is -5.12. The van der Waals surface area contributed by atoms with E-state index in [4.69, 9.17) is 9.47 Å². The van der Waals surface area contributed by atoms with Gasteiger partial charge in [0.1, 0.15) is 5.69 Å². The van der Waals surface area contributed by atoms with E-state index in [0.717, 1.165) is 11.3 Å². The smallest absolute Gasteiger partial charge is 0.273 e. The lowest BCUT2D eigenvalue weighted by Crippen LogP contribution is -2.46. The molecule has 0 spiro atoms. The van der Waals surface area contributed by atoms with Crippen molar-refractivity contribution >= 4 is 17.7 Å². The minimum Gasteiger partial charge on any atom is -0.493 e. The number of nitrogens with one attached hydrogen (secondary N) is 3. The minimum atomic E-state index is -0.612. The highest BCUT2D eigenvalue weighted by Gasteiger charge is 2.19. The predicted molar refractivity (Wildman–Crippen MR) is 136 cm³/mol. The number of para-hydroxylation sites is 1. The molecule has 1 heterocycles. The van der Waals surface area contributed by atoms with E-state index in [-0.39, 0.29) is 17.7 Å². The summed E-state index contributed by atoms with van der Waals surface area (Å²) in [5.41, 5.74) is 7.25. The number of hydrogen-bond donors (Lipinski definition) is 3. The summed E-state index contributed by atoms with van der Waals surface area (Å²) < 4.78 is 11.9. The molecule has 0 fully saturated rings. The van der Waals surface area contributed by atoms with Crippen LogP contribution in [0.4, 0.5) is 0 Å². The van der Waals surface area contributed by atoms with Gasteiger partial charge >= 0.3 is 0 Å². The number of benzene rings is 3. The van der Waals surface area contributed by atoms with Gasteiger partial charge in [0.25, 0.3) is 17.7 Å². The molecule has 0 atom stereocenters. The maximum atomic E-state index is 13.0. The van der Waals surface area contributed by atoms with Gasteiger partial charge in [0.15, 0.2) is 11.5 Å². The van der Waals surface area contributed by atoms with Gasteiger partial charge in [0, 0.05) is 17.3 Å². The zero-order valence-corrected chi connectivity index (χ0v) is 20.2. The molecule has 0 aliphatic heterocycles. The topological polar surface area (TPSA) is 124 Å². The minimum absolute atomic E-state index is 0.268. The summed E-state index contributed by atoms with van der Waals surface area (Å²) in [5, 5.41) is 7.08. The number of nitrogens with zero attached hydrogens (tertiary/aromatic N) is 2. The van der Waals surface area contributed by atoms with Gasteiger partial charge in [-0.15, -0.1) is 0 Å². The van der Waals surface area contributed by atoms with Crippen molar-refractivity contribution in [3.63, 3.8) is 0 Å². The summed E-state index contributed by atoms with van der Waals surface area (Å²) in [4.78, 5) is 37.7. The highest BCUT2D eigenvalue weighted by atomic mass is 16.5. The van der Waals surface area contributed by atoms with E-state index >= 15 is 0 Å². The van der Waals surface area contributed by atoms with Crippen molar-refractivity contribution in [1.82, 2.24) is 25.9 Å². The molecular weight excluding hydrogens is 474 g/mol. The normalized spacial score (nSPS) is 10.3. The third-order valence-corrected chi connectivity index (χ3v) is 5.40. The van der Waals surface area contributed by atoms with Crippen molar-refractivity contribution in [2.24, 2.45) is 0 Å². The van der Waals surface area contributed by atoms with Crippen LogP contribution >= 0.6 is 0 Å². The zero-order valence-electron chi connectivity index (χ0n) is 20.2. The molecule has 10 heteroatoms. The van der Waals surface area contributed by atoms with E-state index in [0.29, 0.717) is 17.2 Å². The molecule has 3 N–H and O–H groups in total. The Bertz CT molecular complexity index is 1400. The molecule has 0 unspecified atom stereocenters. The summed E-state index contributed by atoms with van der Waals surface area (Å²) in [6.07, 6.45) is 1.60. The summed E-state index contributed by atoms with van der Waals surface area (Å²) in [6.45, 7) is -0.359. The van der Waals surface area contributed by atoms with Crippen LogP contribution in [0.15, 0.2) is 85.1 Å². The Morgan fingerprint density at radius 3 is 2.16 bits per heavy atom. The molecular formula is C27H25N5O5. The summed E-state index contributed by atoms with van der Waals surface area (Å²) in [7, 11) is 2.95. The van der Waals surface area contributed by atoms with Crippen LogP contribution in [0.2, 0.25) is 0 Å². The molecule has 10 nitrogen and oxygen atoms in total. The Morgan fingerprint density at radius 2 is 1.49 bits per heavy atom. The summed E-state index contributed by atoms with van der Waals surface area (Å²) in [5.74, 6) is -0.792. The summed E-state index contributed by atoms with van der Waals surface area (Å²) in [6, 6.07) is 23.3. The Balaban J connectivity index is 1.41. The van der Waals surface area contributed by atoms with Gasteiger partial charge in [-0.1, -0.05) is 48.5 Å². The van der Waals surface area contributed by atoms with Crippen molar-refractivity contribution in [2.75, 3.05) is 20.8 Å². The van der Waals surface area contributed by atoms with E-state index in [2.05, 4.69) is 21.3 Å². The van der Waals surface area contributed by atoms with Crippen molar-refractivity contribution in [3.8, 4) is 28.4 Å². The number of aromatic nitrogens is 2. The molecule has 0 aliphatic rings. The monoisotopic (exact) mass is 499 g/mol. The number of ether oxygens (including phenoxy) is 2. The van der Waals surface area contributed by atoms with Gasteiger partial charge in [-0.2, -0.15) is 5.10 Å². The highest BCUT2D eigenvalue weighted by molar-refractivity contribution is 6.01. The fourth-order valence-corrected chi connectivity index (χ4v) is 3.54. The first-order chi connectivity index (χ1) is 18.0. The van der Waals surface area contributed by atoms with Crippen LogP contribution in [0.25, 0.3) is 16.9 Å². The number of amides is 3. The number of hydrogen-bond acceptors (Lipinski definition) is 6. The lowest BCUT2D eigenvalue weighted by molar-refractivity contribution is -0.120. The number of carbonyl (C=O) groups is 3. The highest BCUT2D eigenvalue weighted by Crippen LogP contribution is 2.27. The number of hydrazine groups is 1. The second kappa shape index (κ2) is 11.5. The van der Waals surface area contributed by atoms with E-state index in [9.17, 15) is 14.4 Å². The molecule has 188 valence electrons. The van der Waals surface area contributed by atoms with Crippen molar-refractivity contribution in [3.05, 3.63) is 96.2 Å². The quantitative estimate of drug-likeness (QED) is 0.320. The Kier molecular flexibility index (Phi) is 7.79. The first kappa shape index (κ1) is 25.0. The second-order valence-corrected chi connectivity index (χ2v) is 7.79. The van der Waals surface area contributed by atoms with Crippen molar-refractivity contribution in [1.29, 1.82) is 0 Å². The van der Waals surface area contributed by atoms with Crippen LogP contribution < -0.4 is 25.6 Å². The van der Waals surface area contributed by atoms with Gasteiger partial charge in [-0.3, -0.25) is 25.2 Å². The first-order valence-corrected chi connectivity index (χ1v) is 11.3. The van der Waals surface area contributed by atoms with Crippen LogP contribution in [-0.2, 0) is 4.79 Å². The molecule has 0 aliphatic carbocycles. The zero-order chi connectivity index (χ0) is 26.2. The molecule has 37 heavy (non-hydrogen) atoms. The third kappa shape index (κ3) is 5.93. The van der Waals surface area contributed by atoms with E-state index in [1.807, 2.05) is 60.7 Å². The molecule has 3 aromatic carbocycles. The SMILES string of the molecule is COc1ccc(C(=O)NCC(=O)NNC(=O)c2cn(-c3ccccc3)nc2-c2ccccc2)cc1OC. The largest absolute Gasteiger partial charge is 0.493 e. The average Bonchev–Trinajstić information content (AvgIpc) is 3.41. The predicted octanol–water partition coefficient (Wildman–Crippen LogP) is 2.75. The fraction of sp³-hybridized carbons (Fsp3) is 0.111. The fourth-order valence-electron chi connectivity index (χ4n) is 3.54. The van der Waals surface area contributed by atoms with Gasteiger partial charge in [0.2, 0.25) is 0 Å². The molecule has 0 saturated carbocycles. The number of rotatable bonds is 8. The van der Waals surface area contributed by atoms with Gasteiger partial charge in [0.05, 0.1) is 32.0 Å². The first-order valence-electron chi connectivity index (χ1n) is 11.3. The van der Waals surface area contributed by atoms with Crippen LogP contribution in [0.1, 0.15) is 20.7 Å². The van der Waals surface area contributed by atoms with Crippen LogP contribution in [0, 0.1) is 0 Å². The van der Waals surface area contributed by atoms with Crippen LogP contribution in [0.3, 0.4) is 0 Å². The number of methoxy groups -OCH3 is 2. The van der Waals surface area contributed by atoms with E-state index in [1.165, 1.54) is 20.3 Å². The van der Waals surface area contributed by atoms with Crippen LogP contribution in [0.5, 0.6) is 11.5 Å². The van der Waals surface area contributed by atoms with Crippen LogP contribution in [-0.4, -0.2) is 48.3 Å². The summed E-state index contributed by atoms with van der Waals surface area (Å²) >= 11 is 0. The molecule has 1 aromatic heterocycles. The molecule has 4 aromatic rings. The van der Waals surface area contributed by atoms with E-state index < -0.39 is 17.7 Å². The van der Waals surface area contributed by atoms with E-state index in [1.54, 1.807) is 23.0 Å². The van der Waals surface area contributed by atoms with Crippen molar-refractivity contribution in [2.45, 2.75) is 0 Å². The Labute approximate surface area is 213 Å². The number of carbonyl (C=O) groups excluding carboxylic acids is 3. The third-order valence-electron chi connectivity index (χ3n) is 5.40. The second-order valence-electron chi connectivity index (χ2n) is 7.79. The standard InChI is InChI=1S/C27H25N5O5/c1-36-22-14-13-19(15-23(22)37-2)26(34)28-16-24(33)29-30-27(35)21-17-32(20-11-7-4-8-12-20)31-25(21)18-9-5-3-6-10-18/h3-15,17H,16H2,1-2H3,(H,28,34)(H,29,33)(H,30,35). The molecule has 0 bridgehead atoms. The van der Waals surface area contributed by atoms with Gasteiger partial charge in [-0.05, 0) is 30.3 Å². The molecule has 0 saturated heterocycles. The molecule has 3 amide bonds.